The zero-order chi connectivity index (χ0) is 26.1. The van der Waals surface area contributed by atoms with Gasteiger partial charge in [0, 0.05) is 41.7 Å². The van der Waals surface area contributed by atoms with Gasteiger partial charge in [0.25, 0.3) is 5.91 Å². The highest BCUT2D eigenvalue weighted by Gasteiger charge is 2.25. The number of hydrogen-bond donors (Lipinski definition) is 1. The first-order valence-electron chi connectivity index (χ1n) is 12.6. The lowest BCUT2D eigenvalue weighted by Crippen LogP contribution is -2.38. The molecule has 1 aliphatic heterocycles. The van der Waals surface area contributed by atoms with Crippen LogP contribution in [0.25, 0.3) is 28.2 Å². The van der Waals surface area contributed by atoms with Gasteiger partial charge >= 0.3 is 5.97 Å². The Kier molecular flexibility index (Phi) is 6.69. The number of rotatable bonds is 5. The van der Waals surface area contributed by atoms with Crippen LogP contribution in [-0.4, -0.2) is 54.1 Å². The lowest BCUT2D eigenvalue weighted by Gasteiger charge is -2.27. The Morgan fingerprint density at radius 1 is 1.08 bits per heavy atom. The van der Waals surface area contributed by atoms with Gasteiger partial charge in [-0.2, -0.15) is 5.10 Å². The molecule has 1 aromatic carbocycles. The summed E-state index contributed by atoms with van der Waals surface area (Å²) >= 11 is 0. The van der Waals surface area contributed by atoms with E-state index in [1.807, 2.05) is 11.8 Å². The van der Waals surface area contributed by atoms with Gasteiger partial charge in [0.1, 0.15) is 11.5 Å². The maximum Gasteiger partial charge on any atom is 0.337 e. The Hall–Kier alpha value is -4.14. The number of aryl methyl sites for hydroxylation is 1. The number of carboxylic acid groups (broad SMARTS) is 1. The lowest BCUT2D eigenvalue weighted by molar-refractivity contribution is 0.0684. The molecule has 5 rings (SSSR count). The molecule has 0 saturated carbocycles. The normalized spacial score (nSPS) is 16.1. The maximum absolute atomic E-state index is 15.2. The van der Waals surface area contributed by atoms with Crippen LogP contribution in [0.5, 0.6) is 0 Å². The van der Waals surface area contributed by atoms with Crippen molar-refractivity contribution >= 4 is 17.5 Å². The van der Waals surface area contributed by atoms with Crippen LogP contribution in [0.4, 0.5) is 4.39 Å². The number of benzene rings is 1. The van der Waals surface area contributed by atoms with Gasteiger partial charge in [-0.3, -0.25) is 9.78 Å². The van der Waals surface area contributed by atoms with Crippen LogP contribution in [0.2, 0.25) is 0 Å². The predicted octanol–water partition coefficient (Wildman–Crippen LogP) is 5.26. The van der Waals surface area contributed by atoms with Crippen molar-refractivity contribution in [1.82, 2.24) is 24.5 Å². The molecular formula is C28H28FN5O3. The molecule has 1 aliphatic rings. The highest BCUT2D eigenvalue weighted by molar-refractivity contribution is 5.93. The number of pyridine rings is 1. The minimum atomic E-state index is -1.07. The van der Waals surface area contributed by atoms with Crippen LogP contribution in [-0.2, 0) is 6.42 Å². The second kappa shape index (κ2) is 10.1. The fourth-order valence-corrected chi connectivity index (χ4v) is 4.83. The number of halogens is 1. The molecule has 9 heteroatoms. The van der Waals surface area contributed by atoms with E-state index in [1.54, 1.807) is 34.8 Å². The van der Waals surface area contributed by atoms with Crippen molar-refractivity contribution in [2.45, 2.75) is 52.0 Å². The Labute approximate surface area is 213 Å². The molecule has 1 atom stereocenters. The van der Waals surface area contributed by atoms with Crippen molar-refractivity contribution < 1.29 is 19.1 Å². The number of carbonyl (C=O) groups is 2. The molecule has 0 bridgehead atoms. The van der Waals surface area contributed by atoms with E-state index in [0.29, 0.717) is 40.3 Å². The van der Waals surface area contributed by atoms with Crippen molar-refractivity contribution in [3.8, 4) is 22.5 Å². The smallest absolute Gasteiger partial charge is 0.337 e. The Morgan fingerprint density at radius 3 is 2.62 bits per heavy atom. The Morgan fingerprint density at radius 2 is 1.92 bits per heavy atom. The Balaban J connectivity index is 1.48. The average molecular weight is 502 g/mol. The summed E-state index contributed by atoms with van der Waals surface area (Å²) in [6.45, 7) is 4.79. The Bertz CT molecular complexity index is 1480. The van der Waals surface area contributed by atoms with Crippen molar-refractivity contribution in [2.24, 2.45) is 0 Å². The van der Waals surface area contributed by atoms with Crippen molar-refractivity contribution in [3.63, 3.8) is 0 Å². The molecule has 1 amide bonds. The number of aromatic nitrogens is 4. The molecule has 1 saturated heterocycles. The SMILES string of the molecule is CCc1cc(C(=O)N2CCCCC[C@H]2C)nc2cc(-c3ccc(-c4ccc(C(=O)O)cn4)cc3F)nn12. The number of nitrogens with zero attached hydrogens (tertiary/aromatic N) is 5. The van der Waals surface area contributed by atoms with E-state index in [1.165, 1.54) is 18.3 Å². The number of aromatic carboxylic acids is 1. The summed E-state index contributed by atoms with van der Waals surface area (Å²) in [4.78, 5) is 35.1. The number of carbonyl (C=O) groups excluding carboxylic acids is 1. The van der Waals surface area contributed by atoms with E-state index >= 15 is 4.39 Å². The number of fused-ring (bicyclic) bond motifs is 1. The molecule has 4 heterocycles. The van der Waals surface area contributed by atoms with Gasteiger partial charge < -0.3 is 10.0 Å². The second-order valence-electron chi connectivity index (χ2n) is 9.41. The molecule has 190 valence electrons. The molecule has 0 unspecified atom stereocenters. The van der Waals surface area contributed by atoms with Gasteiger partial charge in [0.05, 0.1) is 17.0 Å². The topological polar surface area (TPSA) is 101 Å². The van der Waals surface area contributed by atoms with E-state index in [2.05, 4.69) is 22.0 Å². The van der Waals surface area contributed by atoms with Crippen molar-refractivity contribution in [1.29, 1.82) is 0 Å². The summed E-state index contributed by atoms with van der Waals surface area (Å²) in [6, 6.07) is 11.3. The van der Waals surface area contributed by atoms with Gasteiger partial charge in [-0.1, -0.05) is 25.8 Å². The first kappa shape index (κ1) is 24.5. The van der Waals surface area contributed by atoms with Crippen LogP contribution in [0.15, 0.2) is 48.7 Å². The minimum Gasteiger partial charge on any atom is -0.478 e. The molecule has 4 aromatic rings. The quantitative estimate of drug-likeness (QED) is 0.400. The molecule has 1 fully saturated rings. The summed E-state index contributed by atoms with van der Waals surface area (Å²) in [5, 5.41) is 13.7. The van der Waals surface area contributed by atoms with Gasteiger partial charge in [-0.05, 0) is 56.5 Å². The molecule has 0 spiro atoms. The van der Waals surface area contributed by atoms with Crippen LogP contribution in [0, 0.1) is 5.82 Å². The average Bonchev–Trinajstić information content (AvgIpc) is 3.21. The van der Waals surface area contributed by atoms with Crippen LogP contribution in [0.3, 0.4) is 0 Å². The van der Waals surface area contributed by atoms with Gasteiger partial charge in [-0.25, -0.2) is 18.7 Å². The molecule has 0 aliphatic carbocycles. The van der Waals surface area contributed by atoms with Gasteiger partial charge in [0.15, 0.2) is 5.65 Å². The number of carboxylic acids is 1. The lowest BCUT2D eigenvalue weighted by atomic mass is 10.1. The van der Waals surface area contributed by atoms with E-state index in [-0.39, 0.29) is 17.5 Å². The molecule has 0 radical (unpaired) electrons. The van der Waals surface area contributed by atoms with E-state index < -0.39 is 11.8 Å². The molecule has 37 heavy (non-hydrogen) atoms. The summed E-state index contributed by atoms with van der Waals surface area (Å²) < 4.78 is 16.9. The van der Waals surface area contributed by atoms with Crippen LogP contribution < -0.4 is 0 Å². The third kappa shape index (κ3) is 4.81. The van der Waals surface area contributed by atoms with E-state index in [9.17, 15) is 9.59 Å². The molecule has 8 nitrogen and oxygen atoms in total. The first-order chi connectivity index (χ1) is 17.9. The monoisotopic (exact) mass is 501 g/mol. The highest BCUT2D eigenvalue weighted by Crippen LogP contribution is 2.28. The largest absolute Gasteiger partial charge is 0.478 e. The number of hydrogen-bond acceptors (Lipinski definition) is 5. The number of likely N-dealkylation sites (tertiary alicyclic amines) is 1. The third-order valence-electron chi connectivity index (χ3n) is 6.95. The number of amides is 1. The molecule has 3 aromatic heterocycles. The third-order valence-corrected chi connectivity index (χ3v) is 6.95. The summed E-state index contributed by atoms with van der Waals surface area (Å²) in [5.74, 6) is -1.64. The summed E-state index contributed by atoms with van der Waals surface area (Å²) in [5.41, 5.74) is 3.46. The summed E-state index contributed by atoms with van der Waals surface area (Å²) in [7, 11) is 0. The van der Waals surface area contributed by atoms with Gasteiger partial charge in [0.2, 0.25) is 0 Å². The van der Waals surface area contributed by atoms with Crippen molar-refractivity contribution in [3.05, 3.63) is 71.4 Å². The van der Waals surface area contributed by atoms with Gasteiger partial charge in [-0.15, -0.1) is 0 Å². The molecule has 1 N–H and O–H groups in total. The standard InChI is InChI=1S/C28H28FN5O3/c1-3-20-14-25(27(35)33-12-6-4-5-7-17(33)2)31-26-15-24(32-34(20)26)21-10-8-18(13-22(21)29)23-11-9-19(16-30-23)28(36)37/h8-11,13-17H,3-7,12H2,1-2H3,(H,36,37)/t17-/m1/s1. The zero-order valence-electron chi connectivity index (χ0n) is 20.8. The fourth-order valence-electron chi connectivity index (χ4n) is 4.83. The van der Waals surface area contributed by atoms with Crippen molar-refractivity contribution in [2.75, 3.05) is 6.54 Å². The van der Waals surface area contributed by atoms with Crippen LogP contribution >= 0.6 is 0 Å². The predicted molar refractivity (Wildman–Crippen MR) is 137 cm³/mol. The van der Waals surface area contributed by atoms with E-state index in [4.69, 9.17) is 5.11 Å². The minimum absolute atomic E-state index is 0.0629. The fraction of sp³-hybridized carbons (Fsp3) is 0.321. The zero-order valence-corrected chi connectivity index (χ0v) is 20.8. The first-order valence-corrected chi connectivity index (χ1v) is 12.6. The maximum atomic E-state index is 15.2. The van der Waals surface area contributed by atoms with Crippen LogP contribution in [0.1, 0.15) is 66.1 Å². The summed E-state index contributed by atoms with van der Waals surface area (Å²) in [6.07, 6.45) is 6.10. The highest BCUT2D eigenvalue weighted by atomic mass is 19.1. The van der Waals surface area contributed by atoms with E-state index in [0.717, 1.165) is 37.9 Å². The second-order valence-corrected chi connectivity index (χ2v) is 9.41. The molecular weight excluding hydrogens is 473 g/mol.